The number of sulfonamides is 1. The first-order valence-corrected chi connectivity index (χ1v) is 8.81. The van der Waals surface area contributed by atoms with Crippen LogP contribution in [0.15, 0.2) is 41.4 Å². The summed E-state index contributed by atoms with van der Waals surface area (Å²) in [5.74, 6) is -0.418. The van der Waals surface area contributed by atoms with Crippen molar-refractivity contribution in [1.29, 1.82) is 0 Å². The molecular weight excluding hydrogens is 318 g/mol. The standard InChI is InChI=1S/C15H21N3O4S/c1-3-12(2)16-17-15(19)13-5-4-6-14(11-13)23(20,21)18-7-9-22-10-8-18/h4-6,11,16H,2-3,7-10H2,1H3,(H,17,19). The lowest BCUT2D eigenvalue weighted by molar-refractivity contribution is 0.0730. The monoisotopic (exact) mass is 339 g/mol. The number of ether oxygens (including phenoxy) is 1. The van der Waals surface area contributed by atoms with Crippen molar-refractivity contribution in [2.24, 2.45) is 0 Å². The molecule has 7 nitrogen and oxygen atoms in total. The number of rotatable bonds is 6. The van der Waals surface area contributed by atoms with Gasteiger partial charge in [-0.25, -0.2) is 8.42 Å². The van der Waals surface area contributed by atoms with E-state index >= 15 is 0 Å². The van der Waals surface area contributed by atoms with Crippen LogP contribution < -0.4 is 10.9 Å². The van der Waals surface area contributed by atoms with Gasteiger partial charge in [0.05, 0.1) is 18.1 Å². The smallest absolute Gasteiger partial charge is 0.269 e. The van der Waals surface area contributed by atoms with Crippen LogP contribution in [0.5, 0.6) is 0 Å². The Kier molecular flexibility index (Phi) is 5.75. The Hall–Kier alpha value is -1.90. The molecule has 1 aliphatic rings. The van der Waals surface area contributed by atoms with Gasteiger partial charge in [-0.2, -0.15) is 4.31 Å². The van der Waals surface area contributed by atoms with Crippen LogP contribution in [0.1, 0.15) is 23.7 Å². The lowest BCUT2D eigenvalue weighted by atomic mass is 10.2. The average molecular weight is 339 g/mol. The Labute approximate surface area is 136 Å². The van der Waals surface area contributed by atoms with Crippen LogP contribution in [-0.4, -0.2) is 44.9 Å². The largest absolute Gasteiger partial charge is 0.379 e. The maximum Gasteiger partial charge on any atom is 0.269 e. The quantitative estimate of drug-likeness (QED) is 0.751. The molecule has 0 bridgehead atoms. The van der Waals surface area contributed by atoms with Crippen molar-refractivity contribution in [1.82, 2.24) is 15.2 Å². The van der Waals surface area contributed by atoms with Crippen molar-refractivity contribution in [2.75, 3.05) is 26.3 Å². The lowest BCUT2D eigenvalue weighted by Gasteiger charge is -2.26. The summed E-state index contributed by atoms with van der Waals surface area (Å²) in [6, 6.07) is 5.97. The van der Waals surface area contributed by atoms with Gasteiger partial charge in [-0.15, -0.1) is 0 Å². The van der Waals surface area contributed by atoms with Crippen molar-refractivity contribution < 1.29 is 17.9 Å². The molecule has 1 saturated heterocycles. The molecule has 1 amide bonds. The average Bonchev–Trinajstić information content (AvgIpc) is 2.60. The molecule has 0 saturated carbocycles. The van der Waals surface area contributed by atoms with E-state index in [1.807, 2.05) is 6.92 Å². The molecule has 0 aromatic heterocycles. The lowest BCUT2D eigenvalue weighted by Crippen LogP contribution is -2.40. The Morgan fingerprint density at radius 2 is 2.00 bits per heavy atom. The molecular formula is C15H21N3O4S. The highest BCUT2D eigenvalue weighted by Gasteiger charge is 2.26. The van der Waals surface area contributed by atoms with Crippen LogP contribution in [-0.2, 0) is 14.8 Å². The van der Waals surface area contributed by atoms with Gasteiger partial charge in [-0.3, -0.25) is 10.2 Å². The fourth-order valence-electron chi connectivity index (χ4n) is 2.04. The van der Waals surface area contributed by atoms with Crippen LogP contribution >= 0.6 is 0 Å². The summed E-state index contributed by atoms with van der Waals surface area (Å²) in [7, 11) is -3.62. The van der Waals surface area contributed by atoms with Gasteiger partial charge in [0.15, 0.2) is 0 Å². The third-order valence-electron chi connectivity index (χ3n) is 3.48. The minimum Gasteiger partial charge on any atom is -0.379 e. The molecule has 2 N–H and O–H groups in total. The van der Waals surface area contributed by atoms with Gasteiger partial charge in [0, 0.05) is 24.4 Å². The van der Waals surface area contributed by atoms with Gasteiger partial charge in [0.1, 0.15) is 0 Å². The maximum atomic E-state index is 12.6. The summed E-state index contributed by atoms with van der Waals surface area (Å²) in [6.07, 6.45) is 0.672. The summed E-state index contributed by atoms with van der Waals surface area (Å²) in [5.41, 5.74) is 6.10. The highest BCUT2D eigenvalue weighted by molar-refractivity contribution is 7.89. The molecule has 126 valence electrons. The number of hydrogen-bond acceptors (Lipinski definition) is 5. The van der Waals surface area contributed by atoms with Crippen LogP contribution in [0, 0.1) is 0 Å². The molecule has 0 unspecified atom stereocenters. The Balaban J connectivity index is 2.15. The van der Waals surface area contributed by atoms with E-state index < -0.39 is 15.9 Å². The molecule has 1 aromatic carbocycles. The molecule has 1 heterocycles. The van der Waals surface area contributed by atoms with E-state index in [9.17, 15) is 13.2 Å². The van der Waals surface area contributed by atoms with Gasteiger partial charge in [-0.1, -0.05) is 19.6 Å². The van der Waals surface area contributed by atoms with Crippen molar-refractivity contribution in [3.05, 3.63) is 42.1 Å². The number of allylic oxidation sites excluding steroid dienone is 1. The molecule has 0 spiro atoms. The summed E-state index contributed by atoms with van der Waals surface area (Å²) < 4.78 is 31.7. The van der Waals surface area contributed by atoms with Crippen LogP contribution in [0.25, 0.3) is 0 Å². The van der Waals surface area contributed by atoms with Gasteiger partial charge < -0.3 is 10.2 Å². The zero-order valence-electron chi connectivity index (χ0n) is 13.0. The third kappa shape index (κ3) is 4.31. The Bertz CT molecular complexity index is 682. The molecule has 2 rings (SSSR count). The number of benzene rings is 1. The number of carbonyl (C=O) groups excluding carboxylic acids is 1. The fraction of sp³-hybridized carbons (Fsp3) is 0.400. The summed E-state index contributed by atoms with van der Waals surface area (Å²) >= 11 is 0. The second-order valence-electron chi connectivity index (χ2n) is 5.08. The zero-order valence-corrected chi connectivity index (χ0v) is 13.9. The van der Waals surface area contributed by atoms with E-state index in [-0.39, 0.29) is 10.5 Å². The van der Waals surface area contributed by atoms with Crippen molar-refractivity contribution in [3.8, 4) is 0 Å². The fourth-order valence-corrected chi connectivity index (χ4v) is 3.49. The van der Waals surface area contributed by atoms with E-state index in [1.54, 1.807) is 12.1 Å². The number of amides is 1. The Morgan fingerprint density at radius 1 is 1.30 bits per heavy atom. The van der Waals surface area contributed by atoms with Crippen LogP contribution in [0.3, 0.4) is 0 Å². The molecule has 1 aliphatic heterocycles. The van der Waals surface area contributed by atoms with Crippen molar-refractivity contribution in [2.45, 2.75) is 18.2 Å². The minimum absolute atomic E-state index is 0.0985. The molecule has 0 radical (unpaired) electrons. The van der Waals surface area contributed by atoms with Gasteiger partial charge in [0.25, 0.3) is 5.91 Å². The minimum atomic E-state index is -3.62. The molecule has 0 atom stereocenters. The summed E-state index contributed by atoms with van der Waals surface area (Å²) in [6.45, 7) is 7.00. The predicted molar refractivity (Wildman–Crippen MR) is 86.1 cm³/mol. The van der Waals surface area contributed by atoms with E-state index in [0.717, 1.165) is 0 Å². The third-order valence-corrected chi connectivity index (χ3v) is 5.38. The van der Waals surface area contributed by atoms with E-state index in [0.29, 0.717) is 38.4 Å². The first-order chi connectivity index (χ1) is 10.9. The van der Waals surface area contributed by atoms with E-state index in [2.05, 4.69) is 17.4 Å². The zero-order chi connectivity index (χ0) is 16.9. The van der Waals surface area contributed by atoms with Crippen LogP contribution in [0.2, 0.25) is 0 Å². The molecule has 23 heavy (non-hydrogen) atoms. The van der Waals surface area contributed by atoms with E-state index in [4.69, 9.17) is 4.74 Å². The number of nitrogens with one attached hydrogen (secondary N) is 2. The molecule has 1 aromatic rings. The first-order valence-electron chi connectivity index (χ1n) is 7.37. The normalized spacial score (nSPS) is 15.9. The molecule has 8 heteroatoms. The number of hydrogen-bond donors (Lipinski definition) is 2. The van der Waals surface area contributed by atoms with Gasteiger partial charge in [-0.05, 0) is 24.6 Å². The highest BCUT2D eigenvalue weighted by Crippen LogP contribution is 2.18. The number of morpholine rings is 1. The summed E-state index contributed by atoms with van der Waals surface area (Å²) in [4.78, 5) is 12.2. The first kappa shape index (κ1) is 17.5. The number of carbonyl (C=O) groups is 1. The maximum absolute atomic E-state index is 12.6. The van der Waals surface area contributed by atoms with Gasteiger partial charge >= 0.3 is 0 Å². The van der Waals surface area contributed by atoms with Crippen molar-refractivity contribution in [3.63, 3.8) is 0 Å². The number of nitrogens with zero attached hydrogens (tertiary/aromatic N) is 1. The van der Waals surface area contributed by atoms with Gasteiger partial charge in [0.2, 0.25) is 10.0 Å². The highest BCUT2D eigenvalue weighted by atomic mass is 32.2. The SMILES string of the molecule is C=C(CC)NNC(=O)c1cccc(S(=O)(=O)N2CCOCC2)c1. The van der Waals surface area contributed by atoms with Crippen molar-refractivity contribution >= 4 is 15.9 Å². The predicted octanol–water partition coefficient (Wildman–Crippen LogP) is 0.866. The second-order valence-corrected chi connectivity index (χ2v) is 7.02. The Morgan fingerprint density at radius 3 is 2.65 bits per heavy atom. The number of hydrazine groups is 1. The van der Waals surface area contributed by atoms with E-state index in [1.165, 1.54) is 16.4 Å². The van der Waals surface area contributed by atoms with Crippen LogP contribution in [0.4, 0.5) is 0 Å². The second kappa shape index (κ2) is 7.58. The summed E-state index contributed by atoms with van der Waals surface area (Å²) in [5, 5.41) is 0. The molecule has 0 aliphatic carbocycles. The topological polar surface area (TPSA) is 87.7 Å². The molecule has 1 fully saturated rings.